The Hall–Kier alpha value is -0.640. The van der Waals surface area contributed by atoms with Crippen molar-refractivity contribution in [1.82, 2.24) is 5.32 Å². The molecular formula is C18H19Br2N. The standard InChI is InChI=1S/C18H19Br2N/c1-21-18(16-10-9-15(19)11-17(16)20)14-7-5-13(6-8-14)12-3-2-4-12/h5-12,18,21H,2-4H2,1H3. The molecule has 2 aromatic rings. The third-order valence-electron chi connectivity index (χ3n) is 4.41. The van der Waals surface area contributed by atoms with Gasteiger partial charge >= 0.3 is 0 Å². The molecule has 1 aliphatic carbocycles. The Morgan fingerprint density at radius 1 is 1.05 bits per heavy atom. The van der Waals surface area contributed by atoms with E-state index in [0.717, 1.165) is 14.9 Å². The molecular weight excluding hydrogens is 390 g/mol. The summed E-state index contributed by atoms with van der Waals surface area (Å²) in [4.78, 5) is 0. The van der Waals surface area contributed by atoms with Gasteiger partial charge in [-0.1, -0.05) is 68.6 Å². The summed E-state index contributed by atoms with van der Waals surface area (Å²) in [6.07, 6.45) is 4.09. The number of rotatable bonds is 4. The maximum absolute atomic E-state index is 3.67. The second kappa shape index (κ2) is 6.64. The van der Waals surface area contributed by atoms with Crippen LogP contribution in [0.4, 0.5) is 0 Å². The van der Waals surface area contributed by atoms with E-state index in [0.29, 0.717) is 0 Å². The summed E-state index contributed by atoms with van der Waals surface area (Å²) < 4.78 is 2.22. The number of nitrogens with one attached hydrogen (secondary N) is 1. The van der Waals surface area contributed by atoms with E-state index >= 15 is 0 Å². The topological polar surface area (TPSA) is 12.0 Å². The summed E-state index contributed by atoms with van der Waals surface area (Å²) in [6.45, 7) is 0. The molecule has 0 saturated heterocycles. The van der Waals surface area contributed by atoms with Crippen LogP contribution in [0.15, 0.2) is 51.4 Å². The second-order valence-electron chi connectivity index (χ2n) is 5.68. The van der Waals surface area contributed by atoms with Crippen LogP contribution < -0.4 is 5.32 Å². The molecule has 0 aromatic heterocycles. The van der Waals surface area contributed by atoms with E-state index in [1.165, 1.54) is 36.0 Å². The fraction of sp³-hybridized carbons (Fsp3) is 0.333. The van der Waals surface area contributed by atoms with Crippen LogP contribution in [0.5, 0.6) is 0 Å². The largest absolute Gasteiger partial charge is 0.309 e. The molecule has 21 heavy (non-hydrogen) atoms. The lowest BCUT2D eigenvalue weighted by Gasteiger charge is -2.26. The zero-order valence-electron chi connectivity index (χ0n) is 12.1. The minimum Gasteiger partial charge on any atom is -0.309 e. The molecule has 1 saturated carbocycles. The molecule has 0 radical (unpaired) electrons. The third kappa shape index (κ3) is 3.25. The van der Waals surface area contributed by atoms with Gasteiger partial charge in [0, 0.05) is 8.95 Å². The fourth-order valence-corrected chi connectivity index (χ4v) is 4.22. The van der Waals surface area contributed by atoms with Crippen LogP contribution >= 0.6 is 31.9 Å². The Kier molecular flexibility index (Phi) is 4.82. The minimum absolute atomic E-state index is 0.211. The van der Waals surface area contributed by atoms with Crippen molar-refractivity contribution in [3.8, 4) is 0 Å². The molecule has 3 rings (SSSR count). The molecule has 1 aliphatic rings. The molecule has 2 aromatic carbocycles. The molecule has 0 amide bonds. The monoisotopic (exact) mass is 407 g/mol. The average molecular weight is 409 g/mol. The highest BCUT2D eigenvalue weighted by Crippen LogP contribution is 2.37. The smallest absolute Gasteiger partial charge is 0.0585 e. The third-order valence-corrected chi connectivity index (χ3v) is 5.59. The van der Waals surface area contributed by atoms with Gasteiger partial charge in [-0.15, -0.1) is 0 Å². The summed E-state index contributed by atoms with van der Waals surface area (Å²) >= 11 is 7.19. The highest BCUT2D eigenvalue weighted by Gasteiger charge is 2.20. The van der Waals surface area contributed by atoms with Gasteiger partial charge < -0.3 is 5.32 Å². The van der Waals surface area contributed by atoms with E-state index in [9.17, 15) is 0 Å². The second-order valence-corrected chi connectivity index (χ2v) is 7.45. The molecule has 1 atom stereocenters. The number of halogens is 2. The van der Waals surface area contributed by atoms with Crippen molar-refractivity contribution in [2.75, 3.05) is 7.05 Å². The van der Waals surface area contributed by atoms with Crippen LogP contribution in [0.1, 0.15) is 47.9 Å². The molecule has 0 bridgehead atoms. The van der Waals surface area contributed by atoms with E-state index in [-0.39, 0.29) is 6.04 Å². The molecule has 0 spiro atoms. The van der Waals surface area contributed by atoms with E-state index < -0.39 is 0 Å². The van der Waals surface area contributed by atoms with Gasteiger partial charge in [-0.2, -0.15) is 0 Å². The number of benzene rings is 2. The van der Waals surface area contributed by atoms with E-state index in [1.807, 2.05) is 7.05 Å². The lowest BCUT2D eigenvalue weighted by Crippen LogP contribution is -2.18. The number of hydrogen-bond donors (Lipinski definition) is 1. The first-order valence-electron chi connectivity index (χ1n) is 7.41. The molecule has 3 heteroatoms. The SMILES string of the molecule is CNC(c1ccc(C2CCC2)cc1)c1ccc(Br)cc1Br. The lowest BCUT2D eigenvalue weighted by atomic mass is 9.79. The molecule has 1 nitrogen and oxygen atoms in total. The maximum atomic E-state index is 3.67. The van der Waals surface area contributed by atoms with Crippen LogP contribution in [0.25, 0.3) is 0 Å². The highest BCUT2D eigenvalue weighted by molar-refractivity contribution is 9.11. The highest BCUT2D eigenvalue weighted by atomic mass is 79.9. The first-order valence-corrected chi connectivity index (χ1v) is 8.99. The Bertz CT molecular complexity index is 618. The van der Waals surface area contributed by atoms with Crippen molar-refractivity contribution in [1.29, 1.82) is 0 Å². The predicted octanol–water partition coefficient (Wildman–Crippen LogP) is 5.79. The van der Waals surface area contributed by atoms with Gasteiger partial charge in [-0.3, -0.25) is 0 Å². The van der Waals surface area contributed by atoms with Gasteiger partial charge in [0.2, 0.25) is 0 Å². The van der Waals surface area contributed by atoms with Crippen LogP contribution in [-0.4, -0.2) is 7.05 Å². The summed E-state index contributed by atoms with van der Waals surface area (Å²) in [6, 6.07) is 15.7. The Morgan fingerprint density at radius 3 is 2.29 bits per heavy atom. The van der Waals surface area contributed by atoms with Gasteiger partial charge in [0.1, 0.15) is 0 Å². The lowest BCUT2D eigenvalue weighted by molar-refractivity contribution is 0.419. The zero-order valence-corrected chi connectivity index (χ0v) is 15.2. The molecule has 1 fully saturated rings. The van der Waals surface area contributed by atoms with Crippen LogP contribution in [0.3, 0.4) is 0 Å². The minimum atomic E-state index is 0.211. The predicted molar refractivity (Wildman–Crippen MR) is 95.8 cm³/mol. The first-order chi connectivity index (χ1) is 10.2. The molecule has 0 heterocycles. The van der Waals surface area contributed by atoms with Gasteiger partial charge in [0.05, 0.1) is 6.04 Å². The van der Waals surface area contributed by atoms with Gasteiger partial charge in [-0.05, 0) is 54.6 Å². The average Bonchev–Trinajstić information content (AvgIpc) is 2.42. The van der Waals surface area contributed by atoms with Crippen molar-refractivity contribution >= 4 is 31.9 Å². The normalized spacial score (nSPS) is 16.5. The molecule has 0 aliphatic heterocycles. The van der Waals surface area contributed by atoms with Gasteiger partial charge in [0.15, 0.2) is 0 Å². The Morgan fingerprint density at radius 2 is 1.76 bits per heavy atom. The zero-order chi connectivity index (χ0) is 14.8. The van der Waals surface area contributed by atoms with Crippen LogP contribution in [0, 0.1) is 0 Å². The quantitative estimate of drug-likeness (QED) is 0.675. The summed E-state index contributed by atoms with van der Waals surface area (Å²) in [7, 11) is 2.01. The van der Waals surface area contributed by atoms with Crippen LogP contribution in [0.2, 0.25) is 0 Å². The summed E-state index contributed by atoms with van der Waals surface area (Å²) in [5, 5.41) is 3.43. The fourth-order valence-electron chi connectivity index (χ4n) is 2.94. The van der Waals surface area contributed by atoms with Crippen molar-refractivity contribution in [3.05, 3.63) is 68.1 Å². The summed E-state index contributed by atoms with van der Waals surface area (Å²) in [5.74, 6) is 0.798. The van der Waals surface area contributed by atoms with Crippen molar-refractivity contribution < 1.29 is 0 Å². The molecule has 1 unspecified atom stereocenters. The summed E-state index contributed by atoms with van der Waals surface area (Å²) in [5.41, 5.74) is 4.07. The van der Waals surface area contributed by atoms with Gasteiger partial charge in [0.25, 0.3) is 0 Å². The molecule has 110 valence electrons. The number of hydrogen-bond acceptors (Lipinski definition) is 1. The first kappa shape index (κ1) is 15.3. The Labute approximate surface area is 143 Å². The van der Waals surface area contributed by atoms with Crippen molar-refractivity contribution in [2.24, 2.45) is 0 Å². The Balaban J connectivity index is 1.88. The maximum Gasteiger partial charge on any atom is 0.0585 e. The van der Waals surface area contributed by atoms with Gasteiger partial charge in [-0.25, -0.2) is 0 Å². The van der Waals surface area contributed by atoms with Crippen molar-refractivity contribution in [3.63, 3.8) is 0 Å². The van der Waals surface area contributed by atoms with E-state index in [2.05, 4.69) is 79.6 Å². The van der Waals surface area contributed by atoms with E-state index in [1.54, 1.807) is 0 Å². The van der Waals surface area contributed by atoms with Crippen molar-refractivity contribution in [2.45, 2.75) is 31.2 Å². The van der Waals surface area contributed by atoms with Crippen LogP contribution in [-0.2, 0) is 0 Å². The molecule has 1 N–H and O–H groups in total. The van der Waals surface area contributed by atoms with E-state index in [4.69, 9.17) is 0 Å².